The van der Waals surface area contributed by atoms with Crippen LogP contribution in [0.2, 0.25) is 0 Å². The van der Waals surface area contributed by atoms with Crippen molar-refractivity contribution in [1.82, 2.24) is 4.90 Å². The van der Waals surface area contributed by atoms with Gasteiger partial charge in [0.15, 0.2) is 0 Å². The van der Waals surface area contributed by atoms with Crippen LogP contribution in [0, 0.1) is 0 Å². The molecule has 0 saturated carbocycles. The summed E-state index contributed by atoms with van der Waals surface area (Å²) in [5.74, 6) is 1.63. The van der Waals surface area contributed by atoms with Crippen molar-refractivity contribution in [2.75, 3.05) is 37.7 Å². The van der Waals surface area contributed by atoms with E-state index in [4.69, 9.17) is 4.74 Å². The molecule has 0 radical (unpaired) electrons. The number of rotatable bonds is 5. The normalized spacial score (nSPS) is 19.1. The number of amides is 1. The highest BCUT2D eigenvalue weighted by molar-refractivity contribution is 5.78. The van der Waals surface area contributed by atoms with Gasteiger partial charge in [-0.1, -0.05) is 36.4 Å². The number of nitrogens with zero attached hydrogens (tertiary/aromatic N) is 2. The number of ether oxygens (including phenoxy) is 1. The Morgan fingerprint density at radius 3 is 2.59 bits per heavy atom. The fourth-order valence-corrected chi connectivity index (χ4v) is 4.39. The topological polar surface area (TPSA) is 32.8 Å². The number of anilines is 1. The van der Waals surface area contributed by atoms with Gasteiger partial charge in [-0.25, -0.2) is 0 Å². The van der Waals surface area contributed by atoms with Crippen molar-refractivity contribution in [3.8, 4) is 5.75 Å². The molecule has 0 bridgehead atoms. The highest BCUT2D eigenvalue weighted by atomic mass is 16.5. The van der Waals surface area contributed by atoms with E-state index in [9.17, 15) is 4.79 Å². The number of carbonyl (C=O) groups excluding carboxylic acids is 1. The predicted molar refractivity (Wildman–Crippen MR) is 109 cm³/mol. The van der Waals surface area contributed by atoms with Gasteiger partial charge in [0.2, 0.25) is 5.91 Å². The first-order valence-electron chi connectivity index (χ1n) is 10.1. The summed E-state index contributed by atoms with van der Waals surface area (Å²) in [5.41, 5.74) is 3.94. The largest absolute Gasteiger partial charge is 0.492 e. The standard InChI is InChI=1S/C23H28N2O2/c1-2-27-22-10-6-5-9-21(22)24-13-15-25(16-14-24)23(26)17-19-12-11-18-7-3-4-8-20(18)19/h3-10,19H,2,11-17H2,1H3. The van der Waals surface area contributed by atoms with Crippen LogP contribution in [0.1, 0.15) is 36.8 Å². The van der Waals surface area contributed by atoms with Crippen LogP contribution in [0.25, 0.3) is 0 Å². The quantitative estimate of drug-likeness (QED) is 0.808. The molecule has 1 aliphatic carbocycles. The van der Waals surface area contributed by atoms with E-state index in [-0.39, 0.29) is 0 Å². The smallest absolute Gasteiger partial charge is 0.223 e. The summed E-state index contributed by atoms with van der Waals surface area (Å²) in [6.07, 6.45) is 2.86. The molecule has 1 amide bonds. The first kappa shape index (κ1) is 17.9. The molecule has 2 aliphatic rings. The molecule has 142 valence electrons. The lowest BCUT2D eigenvalue weighted by molar-refractivity contribution is -0.131. The number of piperazine rings is 1. The first-order chi connectivity index (χ1) is 13.3. The van der Waals surface area contributed by atoms with Crippen LogP contribution in [0.4, 0.5) is 5.69 Å². The molecule has 0 spiro atoms. The molecule has 2 aromatic rings. The Labute approximate surface area is 161 Å². The zero-order chi connectivity index (χ0) is 18.6. The molecular formula is C23H28N2O2. The van der Waals surface area contributed by atoms with E-state index in [1.165, 1.54) is 11.1 Å². The van der Waals surface area contributed by atoms with E-state index >= 15 is 0 Å². The second-order valence-electron chi connectivity index (χ2n) is 7.41. The van der Waals surface area contributed by atoms with E-state index in [0.717, 1.165) is 50.5 Å². The molecule has 0 aromatic heterocycles. The highest BCUT2D eigenvalue weighted by Gasteiger charge is 2.28. The maximum atomic E-state index is 12.9. The second-order valence-corrected chi connectivity index (χ2v) is 7.41. The van der Waals surface area contributed by atoms with Gasteiger partial charge in [-0.2, -0.15) is 0 Å². The van der Waals surface area contributed by atoms with Gasteiger partial charge in [0.25, 0.3) is 0 Å². The maximum Gasteiger partial charge on any atom is 0.223 e. The molecule has 4 nitrogen and oxygen atoms in total. The number of hydrogen-bond donors (Lipinski definition) is 0. The molecule has 1 fully saturated rings. The summed E-state index contributed by atoms with van der Waals surface area (Å²) in [4.78, 5) is 17.2. The van der Waals surface area contributed by atoms with Crippen LogP contribution in [-0.4, -0.2) is 43.6 Å². The average Bonchev–Trinajstić information content (AvgIpc) is 3.12. The molecule has 0 N–H and O–H groups in total. The van der Waals surface area contributed by atoms with Gasteiger partial charge < -0.3 is 14.5 Å². The van der Waals surface area contributed by atoms with Gasteiger partial charge in [0.1, 0.15) is 5.75 Å². The lowest BCUT2D eigenvalue weighted by Crippen LogP contribution is -2.49. The Kier molecular flexibility index (Phi) is 5.33. The predicted octanol–water partition coefficient (Wildman–Crippen LogP) is 3.85. The summed E-state index contributed by atoms with van der Waals surface area (Å²) >= 11 is 0. The van der Waals surface area contributed by atoms with Gasteiger partial charge in [-0.3, -0.25) is 4.79 Å². The summed E-state index contributed by atoms with van der Waals surface area (Å²) in [5, 5.41) is 0. The third kappa shape index (κ3) is 3.80. The molecule has 1 heterocycles. The van der Waals surface area contributed by atoms with Crippen LogP contribution in [-0.2, 0) is 11.2 Å². The van der Waals surface area contributed by atoms with Crippen molar-refractivity contribution >= 4 is 11.6 Å². The third-order valence-electron chi connectivity index (χ3n) is 5.82. The fraction of sp³-hybridized carbons (Fsp3) is 0.435. The zero-order valence-electron chi connectivity index (χ0n) is 16.1. The molecule has 1 aliphatic heterocycles. The molecule has 1 unspecified atom stereocenters. The Balaban J connectivity index is 1.35. The van der Waals surface area contributed by atoms with E-state index in [2.05, 4.69) is 35.2 Å². The van der Waals surface area contributed by atoms with E-state index < -0.39 is 0 Å². The highest BCUT2D eigenvalue weighted by Crippen LogP contribution is 2.36. The van der Waals surface area contributed by atoms with Crippen molar-refractivity contribution in [2.24, 2.45) is 0 Å². The van der Waals surface area contributed by atoms with Crippen LogP contribution in [0.5, 0.6) is 5.75 Å². The molecule has 27 heavy (non-hydrogen) atoms. The monoisotopic (exact) mass is 364 g/mol. The number of aryl methyl sites for hydroxylation is 1. The number of benzene rings is 2. The Morgan fingerprint density at radius 2 is 1.78 bits per heavy atom. The molecule has 4 rings (SSSR count). The summed E-state index contributed by atoms with van der Waals surface area (Å²) in [7, 11) is 0. The van der Waals surface area contributed by atoms with E-state index in [1.54, 1.807) is 0 Å². The molecule has 4 heteroatoms. The molecular weight excluding hydrogens is 336 g/mol. The minimum atomic E-state index is 0.300. The number of para-hydroxylation sites is 2. The Bertz CT molecular complexity index is 796. The molecule has 1 atom stereocenters. The third-order valence-corrected chi connectivity index (χ3v) is 5.82. The summed E-state index contributed by atoms with van der Waals surface area (Å²) in [6, 6.07) is 16.8. The SMILES string of the molecule is CCOc1ccccc1N1CCN(C(=O)CC2CCc3ccccc32)CC1. The number of carbonyl (C=O) groups is 1. The maximum absolute atomic E-state index is 12.9. The van der Waals surface area contributed by atoms with Gasteiger partial charge in [0.05, 0.1) is 12.3 Å². The summed E-state index contributed by atoms with van der Waals surface area (Å²) in [6.45, 7) is 5.96. The minimum Gasteiger partial charge on any atom is -0.492 e. The van der Waals surface area contributed by atoms with Crippen LogP contribution >= 0.6 is 0 Å². The van der Waals surface area contributed by atoms with Gasteiger partial charge in [-0.05, 0) is 48.9 Å². The Morgan fingerprint density at radius 1 is 1.04 bits per heavy atom. The number of fused-ring (bicyclic) bond motifs is 1. The van der Waals surface area contributed by atoms with Crippen LogP contribution in [0.15, 0.2) is 48.5 Å². The average molecular weight is 364 g/mol. The van der Waals surface area contributed by atoms with Crippen molar-refractivity contribution in [3.05, 3.63) is 59.7 Å². The van der Waals surface area contributed by atoms with Crippen LogP contribution < -0.4 is 9.64 Å². The Hall–Kier alpha value is -2.49. The van der Waals surface area contributed by atoms with Crippen molar-refractivity contribution in [3.63, 3.8) is 0 Å². The second kappa shape index (κ2) is 8.03. The summed E-state index contributed by atoms with van der Waals surface area (Å²) < 4.78 is 5.76. The van der Waals surface area contributed by atoms with Crippen molar-refractivity contribution < 1.29 is 9.53 Å². The lowest BCUT2D eigenvalue weighted by atomic mass is 9.97. The van der Waals surface area contributed by atoms with Gasteiger partial charge >= 0.3 is 0 Å². The van der Waals surface area contributed by atoms with Gasteiger partial charge in [0, 0.05) is 32.6 Å². The number of hydrogen-bond acceptors (Lipinski definition) is 3. The van der Waals surface area contributed by atoms with Gasteiger partial charge in [-0.15, -0.1) is 0 Å². The lowest BCUT2D eigenvalue weighted by Gasteiger charge is -2.37. The molecule has 2 aromatic carbocycles. The molecule has 1 saturated heterocycles. The van der Waals surface area contributed by atoms with E-state index in [1.807, 2.05) is 30.0 Å². The van der Waals surface area contributed by atoms with Crippen molar-refractivity contribution in [1.29, 1.82) is 0 Å². The minimum absolute atomic E-state index is 0.300. The fourth-order valence-electron chi connectivity index (χ4n) is 4.39. The van der Waals surface area contributed by atoms with Crippen LogP contribution in [0.3, 0.4) is 0 Å². The first-order valence-corrected chi connectivity index (χ1v) is 10.1. The van der Waals surface area contributed by atoms with Crippen molar-refractivity contribution in [2.45, 2.75) is 32.1 Å². The van der Waals surface area contributed by atoms with E-state index in [0.29, 0.717) is 24.9 Å². The zero-order valence-corrected chi connectivity index (χ0v) is 16.1.